The number of anilines is 1. The highest BCUT2D eigenvalue weighted by Crippen LogP contribution is 2.25. The van der Waals surface area contributed by atoms with Crippen molar-refractivity contribution in [3.8, 4) is 5.75 Å². The van der Waals surface area contributed by atoms with Crippen molar-refractivity contribution in [2.75, 3.05) is 32.6 Å². The highest BCUT2D eigenvalue weighted by atomic mass is 16.5. The summed E-state index contributed by atoms with van der Waals surface area (Å²) in [6.45, 7) is 6.52. The molecule has 0 spiro atoms. The summed E-state index contributed by atoms with van der Waals surface area (Å²) in [7, 11) is 3.41. The lowest BCUT2D eigenvalue weighted by Crippen LogP contribution is -2.45. The number of nitrogens with zero attached hydrogens (tertiary/aromatic N) is 2. The second kappa shape index (κ2) is 8.57. The van der Waals surface area contributed by atoms with Crippen LogP contribution in [0.3, 0.4) is 0 Å². The van der Waals surface area contributed by atoms with Crippen molar-refractivity contribution in [1.82, 2.24) is 10.2 Å². The number of ether oxygens (including phenoxy) is 1. The fourth-order valence-corrected chi connectivity index (χ4v) is 2.89. The number of piperidine rings is 1. The Morgan fingerprint density at radius 1 is 1.38 bits per heavy atom. The second-order valence-electron chi connectivity index (χ2n) is 6.29. The maximum absolute atomic E-state index is 11.3. The van der Waals surface area contributed by atoms with Gasteiger partial charge < -0.3 is 20.3 Å². The Bertz CT molecular complexity index is 593. The maximum Gasteiger partial charge on any atom is 0.221 e. The van der Waals surface area contributed by atoms with Crippen LogP contribution >= 0.6 is 0 Å². The highest BCUT2D eigenvalue weighted by molar-refractivity contribution is 5.90. The molecule has 1 aliphatic heterocycles. The molecule has 1 aromatic rings. The number of hydrogen-bond acceptors (Lipinski definition) is 3. The Morgan fingerprint density at radius 3 is 2.67 bits per heavy atom. The number of rotatable bonds is 4. The minimum Gasteiger partial charge on any atom is -0.495 e. The van der Waals surface area contributed by atoms with Crippen LogP contribution in [-0.4, -0.2) is 44.0 Å². The molecule has 1 saturated heterocycles. The summed E-state index contributed by atoms with van der Waals surface area (Å²) < 4.78 is 5.29. The van der Waals surface area contributed by atoms with E-state index in [-0.39, 0.29) is 5.91 Å². The molecule has 2 rings (SSSR count). The lowest BCUT2D eigenvalue weighted by Gasteiger charge is -2.33. The molecule has 0 aliphatic carbocycles. The minimum absolute atomic E-state index is 0.114. The van der Waals surface area contributed by atoms with Gasteiger partial charge in [0, 0.05) is 33.6 Å². The van der Waals surface area contributed by atoms with E-state index in [2.05, 4.69) is 27.4 Å². The van der Waals surface area contributed by atoms with Crippen LogP contribution in [0.5, 0.6) is 5.75 Å². The SMILES string of the molecule is CN=C(NCc1ccc(OC)c(NC(C)=O)c1)N1CCC(C)CC1. The number of amides is 1. The number of hydrogen-bond donors (Lipinski definition) is 2. The van der Waals surface area contributed by atoms with Gasteiger partial charge in [0.1, 0.15) is 5.75 Å². The Labute approximate surface area is 144 Å². The number of guanidine groups is 1. The van der Waals surface area contributed by atoms with Gasteiger partial charge in [0.15, 0.2) is 5.96 Å². The zero-order valence-corrected chi connectivity index (χ0v) is 15.1. The zero-order valence-electron chi connectivity index (χ0n) is 15.1. The molecule has 0 unspecified atom stereocenters. The van der Waals surface area contributed by atoms with Crippen molar-refractivity contribution in [2.24, 2.45) is 10.9 Å². The van der Waals surface area contributed by atoms with Gasteiger partial charge in [-0.05, 0) is 36.5 Å². The van der Waals surface area contributed by atoms with Crippen molar-refractivity contribution in [2.45, 2.75) is 33.2 Å². The topological polar surface area (TPSA) is 66.0 Å². The summed E-state index contributed by atoms with van der Waals surface area (Å²) in [6.07, 6.45) is 2.41. The van der Waals surface area contributed by atoms with Crippen LogP contribution in [0.4, 0.5) is 5.69 Å². The third kappa shape index (κ3) is 4.88. The van der Waals surface area contributed by atoms with Gasteiger partial charge in [-0.2, -0.15) is 0 Å². The summed E-state index contributed by atoms with van der Waals surface area (Å²) in [5, 5.41) is 6.21. The molecule has 1 aromatic carbocycles. The molecule has 1 aliphatic rings. The Hall–Kier alpha value is -2.24. The number of likely N-dealkylation sites (tertiary alicyclic amines) is 1. The molecule has 24 heavy (non-hydrogen) atoms. The number of aliphatic imine (C=N–C) groups is 1. The van der Waals surface area contributed by atoms with E-state index >= 15 is 0 Å². The second-order valence-corrected chi connectivity index (χ2v) is 6.29. The largest absolute Gasteiger partial charge is 0.495 e. The number of carbonyl (C=O) groups is 1. The number of methoxy groups -OCH3 is 1. The van der Waals surface area contributed by atoms with Crippen LogP contribution < -0.4 is 15.4 Å². The van der Waals surface area contributed by atoms with Gasteiger partial charge in [-0.25, -0.2) is 0 Å². The summed E-state index contributed by atoms with van der Waals surface area (Å²) in [4.78, 5) is 18.0. The molecule has 2 N–H and O–H groups in total. The Morgan fingerprint density at radius 2 is 2.08 bits per heavy atom. The van der Waals surface area contributed by atoms with E-state index in [9.17, 15) is 4.79 Å². The van der Waals surface area contributed by atoms with Crippen molar-refractivity contribution >= 4 is 17.6 Å². The van der Waals surface area contributed by atoms with Crippen LogP contribution in [0.2, 0.25) is 0 Å². The molecule has 1 amide bonds. The van der Waals surface area contributed by atoms with E-state index in [1.165, 1.54) is 19.8 Å². The van der Waals surface area contributed by atoms with E-state index in [0.717, 1.165) is 30.5 Å². The Kier molecular flexibility index (Phi) is 6.46. The van der Waals surface area contributed by atoms with E-state index in [4.69, 9.17) is 4.74 Å². The standard InChI is InChI=1S/C18H28N4O2/c1-13-7-9-22(10-8-13)18(19-3)20-12-15-5-6-17(24-4)16(11-15)21-14(2)23/h5-6,11,13H,7-10,12H2,1-4H3,(H,19,20)(H,21,23). The fraction of sp³-hybridized carbons (Fsp3) is 0.556. The smallest absolute Gasteiger partial charge is 0.221 e. The molecule has 0 atom stereocenters. The lowest BCUT2D eigenvalue weighted by atomic mass is 9.99. The first-order valence-electron chi connectivity index (χ1n) is 8.43. The number of nitrogens with one attached hydrogen (secondary N) is 2. The van der Waals surface area contributed by atoms with Crippen molar-refractivity contribution in [1.29, 1.82) is 0 Å². The van der Waals surface area contributed by atoms with Crippen molar-refractivity contribution in [3.63, 3.8) is 0 Å². The average molecular weight is 332 g/mol. The molecule has 132 valence electrons. The van der Waals surface area contributed by atoms with E-state index < -0.39 is 0 Å². The quantitative estimate of drug-likeness (QED) is 0.657. The average Bonchev–Trinajstić information content (AvgIpc) is 2.56. The summed E-state index contributed by atoms with van der Waals surface area (Å²) in [5.74, 6) is 2.26. The predicted molar refractivity (Wildman–Crippen MR) is 97.5 cm³/mol. The summed E-state index contributed by atoms with van der Waals surface area (Å²) in [5.41, 5.74) is 1.75. The van der Waals surface area contributed by atoms with Crippen LogP contribution in [0.1, 0.15) is 32.3 Å². The molecule has 6 heteroatoms. The molecule has 0 aromatic heterocycles. The lowest BCUT2D eigenvalue weighted by molar-refractivity contribution is -0.114. The van der Waals surface area contributed by atoms with Crippen molar-refractivity contribution in [3.05, 3.63) is 23.8 Å². The minimum atomic E-state index is -0.114. The van der Waals surface area contributed by atoms with Gasteiger partial charge >= 0.3 is 0 Å². The number of benzene rings is 1. The first-order chi connectivity index (χ1) is 11.5. The fourth-order valence-electron chi connectivity index (χ4n) is 2.89. The van der Waals surface area contributed by atoms with Gasteiger partial charge in [-0.15, -0.1) is 0 Å². The van der Waals surface area contributed by atoms with Gasteiger partial charge in [-0.1, -0.05) is 13.0 Å². The zero-order chi connectivity index (χ0) is 17.5. The third-order valence-corrected chi connectivity index (χ3v) is 4.32. The molecule has 0 radical (unpaired) electrons. The Balaban J connectivity index is 2.01. The van der Waals surface area contributed by atoms with Gasteiger partial charge in [0.25, 0.3) is 0 Å². The monoisotopic (exact) mass is 332 g/mol. The van der Waals surface area contributed by atoms with Gasteiger partial charge in [0.05, 0.1) is 12.8 Å². The van der Waals surface area contributed by atoms with E-state index in [1.54, 1.807) is 7.11 Å². The molecule has 1 heterocycles. The van der Waals surface area contributed by atoms with E-state index in [1.807, 2.05) is 25.2 Å². The molecular formula is C18H28N4O2. The molecule has 1 fully saturated rings. The normalized spacial score (nSPS) is 16.0. The van der Waals surface area contributed by atoms with Crippen LogP contribution in [0.25, 0.3) is 0 Å². The van der Waals surface area contributed by atoms with Crippen molar-refractivity contribution < 1.29 is 9.53 Å². The van der Waals surface area contributed by atoms with Gasteiger partial charge in [-0.3, -0.25) is 9.79 Å². The molecule has 0 saturated carbocycles. The van der Waals surface area contributed by atoms with Crippen LogP contribution in [0, 0.1) is 5.92 Å². The summed E-state index contributed by atoms with van der Waals surface area (Å²) in [6, 6.07) is 5.79. The van der Waals surface area contributed by atoms with Crippen LogP contribution in [-0.2, 0) is 11.3 Å². The maximum atomic E-state index is 11.3. The molecule has 6 nitrogen and oxygen atoms in total. The molecule has 0 bridgehead atoms. The van der Waals surface area contributed by atoms with E-state index in [0.29, 0.717) is 18.0 Å². The highest BCUT2D eigenvalue weighted by Gasteiger charge is 2.18. The number of carbonyl (C=O) groups excluding carboxylic acids is 1. The molecular weight excluding hydrogens is 304 g/mol. The first-order valence-corrected chi connectivity index (χ1v) is 8.43. The third-order valence-electron chi connectivity index (χ3n) is 4.32. The van der Waals surface area contributed by atoms with Gasteiger partial charge in [0.2, 0.25) is 5.91 Å². The van der Waals surface area contributed by atoms with Crippen LogP contribution in [0.15, 0.2) is 23.2 Å². The predicted octanol–water partition coefficient (Wildman–Crippen LogP) is 2.46. The first kappa shape index (κ1) is 18.1. The summed E-state index contributed by atoms with van der Waals surface area (Å²) >= 11 is 0.